The number of carboxylic acids is 1. The van der Waals surface area contributed by atoms with E-state index in [1.165, 1.54) is 12.1 Å². The highest BCUT2D eigenvalue weighted by Gasteiger charge is 2.17. The van der Waals surface area contributed by atoms with Crippen molar-refractivity contribution < 1.29 is 14.8 Å². The predicted molar refractivity (Wildman–Crippen MR) is 86.2 cm³/mol. The molecule has 2 N–H and O–H groups in total. The van der Waals surface area contributed by atoms with E-state index in [-0.39, 0.29) is 16.3 Å². The molecule has 0 fully saturated rings. The molecule has 0 atom stereocenters. The van der Waals surface area contributed by atoms with Crippen molar-refractivity contribution in [3.63, 3.8) is 0 Å². The number of carbonyl (C=O) groups is 1. The molecule has 0 spiro atoms. The molecule has 116 valence electrons. The van der Waals surface area contributed by atoms with Crippen LogP contribution in [-0.2, 0) is 6.42 Å². The van der Waals surface area contributed by atoms with Gasteiger partial charge < -0.3 is 10.1 Å². The quantitative estimate of drug-likeness (QED) is 0.557. The normalized spacial score (nSPS) is 10.8. The number of aromatic carboxylic acids is 1. The van der Waals surface area contributed by atoms with Crippen LogP contribution in [0.3, 0.4) is 0 Å². The zero-order valence-corrected chi connectivity index (χ0v) is 12.5. The highest BCUT2D eigenvalue weighted by Crippen LogP contribution is 2.30. The number of H-pyrrole nitrogens is 1. The molecule has 0 aliphatic heterocycles. The maximum absolute atomic E-state index is 11.3. The van der Waals surface area contributed by atoms with Crippen molar-refractivity contribution in [1.29, 1.82) is 0 Å². The van der Waals surface area contributed by atoms with Gasteiger partial charge in [-0.25, -0.2) is 4.79 Å². The molecule has 0 amide bonds. The van der Waals surface area contributed by atoms with E-state index >= 15 is 0 Å². The van der Waals surface area contributed by atoms with Crippen LogP contribution in [0.15, 0.2) is 42.5 Å². The number of hydrogen-bond acceptors (Lipinski definition) is 3. The molecule has 1 heterocycles. The Morgan fingerprint density at radius 2 is 2.00 bits per heavy atom. The zero-order valence-electron chi connectivity index (χ0n) is 11.7. The van der Waals surface area contributed by atoms with Crippen molar-refractivity contribution in [2.24, 2.45) is 0 Å². The number of nitrogens with zero attached hydrogens (tertiary/aromatic N) is 1. The Labute approximate surface area is 135 Å². The van der Waals surface area contributed by atoms with Crippen LogP contribution in [-0.4, -0.2) is 21.0 Å². The largest absolute Gasteiger partial charge is 0.478 e. The van der Waals surface area contributed by atoms with Gasteiger partial charge in [-0.15, -0.1) is 0 Å². The molecule has 1 aromatic heterocycles. The zero-order chi connectivity index (χ0) is 16.6. The molecule has 0 saturated carbocycles. The van der Waals surface area contributed by atoms with E-state index in [1.54, 1.807) is 30.3 Å². The van der Waals surface area contributed by atoms with Crippen LogP contribution in [0.4, 0.5) is 5.69 Å². The van der Waals surface area contributed by atoms with Gasteiger partial charge in [0.2, 0.25) is 0 Å². The molecule has 6 nitrogen and oxygen atoms in total. The van der Waals surface area contributed by atoms with E-state index in [4.69, 9.17) is 11.6 Å². The number of aromatic amines is 1. The molecule has 0 radical (unpaired) electrons. The summed E-state index contributed by atoms with van der Waals surface area (Å²) in [6.07, 6.45) is 0.325. The second kappa shape index (κ2) is 5.73. The molecule has 0 aliphatic carbocycles. The molecule has 3 aromatic rings. The van der Waals surface area contributed by atoms with E-state index in [1.807, 2.05) is 0 Å². The Balaban J connectivity index is 2.07. The van der Waals surface area contributed by atoms with Gasteiger partial charge in [0.1, 0.15) is 5.52 Å². The van der Waals surface area contributed by atoms with Gasteiger partial charge in [-0.2, -0.15) is 0 Å². The topological polar surface area (TPSA) is 96.2 Å². The lowest BCUT2D eigenvalue weighted by Gasteiger charge is -2.04. The van der Waals surface area contributed by atoms with Gasteiger partial charge in [0.15, 0.2) is 0 Å². The maximum Gasteiger partial charge on any atom is 0.335 e. The van der Waals surface area contributed by atoms with Gasteiger partial charge in [0, 0.05) is 28.6 Å². The number of non-ortho nitro benzene ring substituents is 1. The number of carboxylic acid groups (broad SMARTS) is 1. The van der Waals surface area contributed by atoms with Crippen LogP contribution < -0.4 is 0 Å². The maximum atomic E-state index is 11.3. The average molecular weight is 331 g/mol. The Morgan fingerprint density at radius 3 is 2.70 bits per heavy atom. The number of hydrogen-bond donors (Lipinski definition) is 2. The lowest BCUT2D eigenvalue weighted by molar-refractivity contribution is -0.383. The summed E-state index contributed by atoms with van der Waals surface area (Å²) in [6.45, 7) is 0. The average Bonchev–Trinajstić information content (AvgIpc) is 2.88. The van der Waals surface area contributed by atoms with Crippen molar-refractivity contribution in [2.75, 3.05) is 0 Å². The number of fused-ring (bicyclic) bond motifs is 1. The third kappa shape index (κ3) is 2.89. The van der Waals surface area contributed by atoms with E-state index in [0.29, 0.717) is 28.6 Å². The first kappa shape index (κ1) is 15.1. The van der Waals surface area contributed by atoms with E-state index < -0.39 is 10.9 Å². The highest BCUT2D eigenvalue weighted by molar-refractivity contribution is 6.31. The van der Waals surface area contributed by atoms with Gasteiger partial charge in [-0.05, 0) is 23.8 Å². The van der Waals surface area contributed by atoms with E-state index in [2.05, 4.69) is 4.98 Å². The second-order valence-electron chi connectivity index (χ2n) is 5.08. The van der Waals surface area contributed by atoms with Gasteiger partial charge in [-0.1, -0.05) is 29.8 Å². The Bertz CT molecular complexity index is 933. The van der Waals surface area contributed by atoms with Gasteiger partial charge in [0.25, 0.3) is 5.69 Å². The summed E-state index contributed by atoms with van der Waals surface area (Å²) in [5, 5.41) is 21.2. The molecule has 3 rings (SSSR count). The van der Waals surface area contributed by atoms with Crippen LogP contribution in [0.25, 0.3) is 10.9 Å². The highest BCUT2D eigenvalue weighted by atomic mass is 35.5. The van der Waals surface area contributed by atoms with E-state index in [9.17, 15) is 20.0 Å². The third-order valence-corrected chi connectivity index (χ3v) is 3.77. The summed E-state index contributed by atoms with van der Waals surface area (Å²) >= 11 is 5.91. The first-order valence-electron chi connectivity index (χ1n) is 6.72. The molecule has 0 aliphatic rings. The number of nitro groups is 1. The summed E-state index contributed by atoms with van der Waals surface area (Å²) in [7, 11) is 0. The number of rotatable bonds is 4. The lowest BCUT2D eigenvalue weighted by atomic mass is 10.0. The van der Waals surface area contributed by atoms with Crippen molar-refractivity contribution in [1.82, 2.24) is 4.98 Å². The summed E-state index contributed by atoms with van der Waals surface area (Å²) in [5.41, 5.74) is 1.78. The van der Waals surface area contributed by atoms with Crippen molar-refractivity contribution in [2.45, 2.75) is 6.42 Å². The number of aromatic nitrogens is 1. The van der Waals surface area contributed by atoms with Crippen molar-refractivity contribution in [3.05, 3.63) is 74.4 Å². The summed E-state index contributed by atoms with van der Waals surface area (Å²) < 4.78 is 0. The smallest absolute Gasteiger partial charge is 0.335 e. The van der Waals surface area contributed by atoms with Crippen molar-refractivity contribution in [3.8, 4) is 0 Å². The fraction of sp³-hybridized carbons (Fsp3) is 0.0625. The molecule has 2 aromatic carbocycles. The Kier molecular flexibility index (Phi) is 3.75. The number of halogens is 1. The molecule has 7 heteroatoms. The first-order valence-corrected chi connectivity index (χ1v) is 7.10. The lowest BCUT2D eigenvalue weighted by Crippen LogP contribution is -2.02. The van der Waals surface area contributed by atoms with Crippen LogP contribution in [0.2, 0.25) is 5.02 Å². The van der Waals surface area contributed by atoms with Gasteiger partial charge >= 0.3 is 5.97 Å². The molecule has 0 unspecified atom stereocenters. The Morgan fingerprint density at radius 1 is 1.26 bits per heavy atom. The number of nitrogens with one attached hydrogen (secondary N) is 1. The number of benzene rings is 2. The van der Waals surface area contributed by atoms with Crippen LogP contribution in [0.5, 0.6) is 0 Å². The minimum absolute atomic E-state index is 0.106. The Hall–Kier alpha value is -2.86. The van der Waals surface area contributed by atoms with Crippen LogP contribution in [0.1, 0.15) is 21.6 Å². The standard InChI is InChI=1S/C16H11ClN2O4/c17-11-5-10-7-12(18-15(10)14(8-11)19(22)23)6-9-3-1-2-4-13(9)16(20)21/h1-5,7-8,18H,6H2,(H,20,21). The number of nitro benzene ring substituents is 1. The van der Waals surface area contributed by atoms with E-state index in [0.717, 1.165) is 0 Å². The monoisotopic (exact) mass is 330 g/mol. The second-order valence-corrected chi connectivity index (χ2v) is 5.52. The van der Waals surface area contributed by atoms with Gasteiger partial charge in [-0.3, -0.25) is 10.1 Å². The van der Waals surface area contributed by atoms with Gasteiger partial charge in [0.05, 0.1) is 10.5 Å². The molecule has 0 bridgehead atoms. The molecular formula is C16H11ClN2O4. The fourth-order valence-electron chi connectivity index (χ4n) is 2.57. The first-order chi connectivity index (χ1) is 11.0. The fourth-order valence-corrected chi connectivity index (χ4v) is 2.80. The summed E-state index contributed by atoms with van der Waals surface area (Å²) in [5.74, 6) is -1.01. The SMILES string of the molecule is O=C(O)c1ccccc1Cc1cc2cc(Cl)cc([N+](=O)[O-])c2[nH]1. The minimum Gasteiger partial charge on any atom is -0.478 e. The van der Waals surface area contributed by atoms with Crippen LogP contribution >= 0.6 is 11.6 Å². The predicted octanol–water partition coefficient (Wildman–Crippen LogP) is 4.02. The minimum atomic E-state index is -1.01. The van der Waals surface area contributed by atoms with Crippen molar-refractivity contribution >= 4 is 34.2 Å². The third-order valence-electron chi connectivity index (χ3n) is 3.55. The molecule has 0 saturated heterocycles. The van der Waals surface area contributed by atoms with Crippen LogP contribution in [0, 0.1) is 10.1 Å². The summed E-state index contributed by atoms with van der Waals surface area (Å²) in [4.78, 5) is 24.9. The molecular weight excluding hydrogens is 320 g/mol. The molecule has 23 heavy (non-hydrogen) atoms. The summed E-state index contributed by atoms with van der Waals surface area (Å²) in [6, 6.07) is 11.3.